The van der Waals surface area contributed by atoms with Crippen LogP contribution < -0.4 is 0 Å². The van der Waals surface area contributed by atoms with Crippen LogP contribution in [0.4, 0.5) is 0 Å². The monoisotopic (exact) mass is 442 g/mol. The van der Waals surface area contributed by atoms with Crippen molar-refractivity contribution in [3.05, 3.63) is 35.9 Å². The molecule has 0 heterocycles. The topological polar surface area (TPSA) is 0 Å². The minimum absolute atomic E-state index is 0. The molecule has 26 heavy (non-hydrogen) atoms. The predicted molar refractivity (Wildman–Crippen MR) is 124 cm³/mol. The van der Waals surface area contributed by atoms with Gasteiger partial charge in [-0.1, -0.05) is 26.2 Å². The van der Waals surface area contributed by atoms with Crippen molar-refractivity contribution in [3.8, 4) is 0 Å². The van der Waals surface area contributed by atoms with E-state index in [4.69, 9.17) is 0 Å². The molecule has 0 N–H and O–H groups in total. The third kappa shape index (κ3) is 16.3. The van der Waals surface area contributed by atoms with Gasteiger partial charge in [0.05, 0.1) is 0 Å². The Kier molecular flexibility index (Phi) is 19.9. The molecule has 152 valence electrons. The number of hydrogen-bond acceptors (Lipinski definition) is 0. The summed E-state index contributed by atoms with van der Waals surface area (Å²) in [6.45, 7) is 2.30. The van der Waals surface area contributed by atoms with Gasteiger partial charge in [-0.15, -0.1) is 12.4 Å². The van der Waals surface area contributed by atoms with E-state index in [9.17, 15) is 0 Å². The number of benzene rings is 1. The van der Waals surface area contributed by atoms with Gasteiger partial charge in [-0.25, -0.2) is 0 Å². The summed E-state index contributed by atoms with van der Waals surface area (Å²) in [5.74, 6) is 0. The van der Waals surface area contributed by atoms with E-state index in [1.54, 1.807) is 10.8 Å². The summed E-state index contributed by atoms with van der Waals surface area (Å²) in [6, 6.07) is 11.1. The van der Waals surface area contributed by atoms with Gasteiger partial charge in [-0.3, -0.25) is 0 Å². The van der Waals surface area contributed by atoms with Crippen molar-refractivity contribution in [2.24, 2.45) is 0 Å². The van der Waals surface area contributed by atoms with Crippen LogP contribution in [0, 0.1) is 0 Å². The van der Waals surface area contributed by atoms with E-state index < -0.39 is 14.7 Å². The van der Waals surface area contributed by atoms with Crippen LogP contribution in [0.2, 0.25) is 10.9 Å². The predicted octanol–water partition coefficient (Wildman–Crippen LogP) is 8.80. The molecule has 0 radical (unpaired) electrons. The zero-order valence-electron chi connectivity index (χ0n) is 17.6. The molecule has 0 bridgehead atoms. The Morgan fingerprint density at radius 3 is 1.50 bits per heavy atom. The van der Waals surface area contributed by atoms with Gasteiger partial charge in [0, 0.05) is 0 Å². The molecule has 0 saturated carbocycles. The Labute approximate surface area is 175 Å². The molecular formula is C24H44AsCl. The molecule has 0 aliphatic carbocycles. The molecule has 0 aromatic heterocycles. The van der Waals surface area contributed by atoms with E-state index in [0.29, 0.717) is 0 Å². The van der Waals surface area contributed by atoms with E-state index in [1.807, 2.05) is 0 Å². The molecule has 2 heteroatoms. The third-order valence-electron chi connectivity index (χ3n) is 5.19. The molecule has 0 amide bonds. The molecule has 1 unspecified atom stereocenters. The summed E-state index contributed by atoms with van der Waals surface area (Å²) in [6.07, 6.45) is 20.5. The standard InChI is InChI=1S/C24H43As.ClH/c1-3-4-5-6-7-8-9-10-11-12-13-14-15-19-22-25(2)23-24-20-17-16-18-21-24;/h16-18,20-21H,3-15,19,22-23H2,1-2H3;1H. The van der Waals surface area contributed by atoms with Crippen LogP contribution in [0.25, 0.3) is 0 Å². The second kappa shape index (κ2) is 19.8. The largest absolute Gasteiger partial charge is 0.147 e. The molecule has 1 rings (SSSR count). The fourth-order valence-electron chi connectivity index (χ4n) is 3.55. The molecule has 0 aliphatic heterocycles. The van der Waals surface area contributed by atoms with Gasteiger partial charge >= 0.3 is 137 Å². The molecule has 1 atom stereocenters. The van der Waals surface area contributed by atoms with Crippen molar-refractivity contribution in [1.29, 1.82) is 0 Å². The molecule has 0 aliphatic rings. The van der Waals surface area contributed by atoms with Crippen LogP contribution >= 0.6 is 12.4 Å². The second-order valence-electron chi connectivity index (χ2n) is 7.82. The third-order valence-corrected chi connectivity index (χ3v) is 9.35. The fraction of sp³-hybridized carbons (Fsp3) is 0.750. The van der Waals surface area contributed by atoms with Crippen LogP contribution in [0.3, 0.4) is 0 Å². The minimum Gasteiger partial charge on any atom is -0.147 e. The molecule has 0 fully saturated rings. The van der Waals surface area contributed by atoms with E-state index >= 15 is 0 Å². The van der Waals surface area contributed by atoms with Crippen LogP contribution in [-0.2, 0) is 5.21 Å². The number of halogens is 1. The Morgan fingerprint density at radius 2 is 1.04 bits per heavy atom. The van der Waals surface area contributed by atoms with Crippen LogP contribution in [-0.4, -0.2) is 14.7 Å². The van der Waals surface area contributed by atoms with Crippen LogP contribution in [0.5, 0.6) is 0 Å². The fourth-order valence-corrected chi connectivity index (χ4v) is 7.23. The summed E-state index contributed by atoms with van der Waals surface area (Å²) in [4.78, 5) is 0. The van der Waals surface area contributed by atoms with E-state index in [1.165, 1.54) is 95.1 Å². The van der Waals surface area contributed by atoms with Crippen molar-refractivity contribution in [2.45, 2.75) is 113 Å². The van der Waals surface area contributed by atoms with Crippen molar-refractivity contribution < 1.29 is 0 Å². The molecule has 1 aromatic carbocycles. The Morgan fingerprint density at radius 1 is 0.615 bits per heavy atom. The number of rotatable bonds is 17. The molecule has 0 spiro atoms. The normalized spacial score (nSPS) is 11.9. The average Bonchev–Trinajstić information content (AvgIpc) is 2.63. The minimum atomic E-state index is -0.585. The average molecular weight is 443 g/mol. The molecule has 0 nitrogen and oxygen atoms in total. The number of unbranched alkanes of at least 4 members (excludes halogenated alkanes) is 13. The SMILES string of the molecule is CCCCCCCCCCCCCCCC[As](C)Cc1ccccc1.Cl. The summed E-state index contributed by atoms with van der Waals surface area (Å²) >= 11 is -0.585. The summed E-state index contributed by atoms with van der Waals surface area (Å²) in [7, 11) is 0. The van der Waals surface area contributed by atoms with E-state index in [2.05, 4.69) is 43.0 Å². The zero-order valence-corrected chi connectivity index (χ0v) is 20.2. The van der Waals surface area contributed by atoms with Gasteiger partial charge < -0.3 is 0 Å². The second-order valence-corrected chi connectivity index (χ2v) is 13.0. The molecule has 1 aromatic rings. The van der Waals surface area contributed by atoms with E-state index in [0.717, 1.165) is 0 Å². The maximum absolute atomic E-state index is 2.56. The van der Waals surface area contributed by atoms with Crippen molar-refractivity contribution in [1.82, 2.24) is 0 Å². The quantitative estimate of drug-likeness (QED) is 0.167. The van der Waals surface area contributed by atoms with E-state index in [-0.39, 0.29) is 12.4 Å². The molecule has 0 saturated heterocycles. The Bertz CT molecular complexity index is 379. The first-order valence-corrected chi connectivity index (χ1v) is 15.6. The van der Waals surface area contributed by atoms with Gasteiger partial charge in [0.2, 0.25) is 0 Å². The van der Waals surface area contributed by atoms with Crippen LogP contribution in [0.15, 0.2) is 30.3 Å². The van der Waals surface area contributed by atoms with Gasteiger partial charge in [0.15, 0.2) is 0 Å². The van der Waals surface area contributed by atoms with Gasteiger partial charge in [0.25, 0.3) is 0 Å². The van der Waals surface area contributed by atoms with Crippen molar-refractivity contribution in [2.75, 3.05) is 0 Å². The maximum atomic E-state index is 2.56. The van der Waals surface area contributed by atoms with Gasteiger partial charge in [-0.2, -0.15) is 0 Å². The van der Waals surface area contributed by atoms with Gasteiger partial charge in [-0.05, 0) is 0 Å². The first kappa shape index (κ1) is 26.1. The summed E-state index contributed by atoms with van der Waals surface area (Å²) in [5.41, 5.74) is 4.12. The first-order chi connectivity index (χ1) is 12.3. The maximum Gasteiger partial charge on any atom is -0.147 e. The number of hydrogen-bond donors (Lipinski definition) is 0. The zero-order chi connectivity index (χ0) is 18.0. The summed E-state index contributed by atoms with van der Waals surface area (Å²) < 4.78 is 0. The first-order valence-electron chi connectivity index (χ1n) is 11.1. The smallest absolute Gasteiger partial charge is 0.147 e. The Hall–Kier alpha value is 0.0684. The van der Waals surface area contributed by atoms with Gasteiger partial charge in [0.1, 0.15) is 0 Å². The molecular weight excluding hydrogens is 399 g/mol. The Balaban J connectivity index is 0.00000625. The van der Waals surface area contributed by atoms with Crippen LogP contribution in [0.1, 0.15) is 102 Å². The van der Waals surface area contributed by atoms with Crippen molar-refractivity contribution >= 4 is 27.1 Å². The summed E-state index contributed by atoms with van der Waals surface area (Å²) in [5, 5.41) is 2.94. The van der Waals surface area contributed by atoms with Crippen molar-refractivity contribution in [3.63, 3.8) is 0 Å².